The zero-order valence-electron chi connectivity index (χ0n) is 14.5. The number of nitriles is 1. The molecule has 24 heavy (non-hydrogen) atoms. The van der Waals surface area contributed by atoms with Crippen molar-refractivity contribution in [2.24, 2.45) is 0 Å². The number of hydrogen-bond acceptors (Lipinski definition) is 4. The molecule has 0 radical (unpaired) electrons. The van der Waals surface area contributed by atoms with E-state index in [4.69, 9.17) is 0 Å². The van der Waals surface area contributed by atoms with Gasteiger partial charge in [0.15, 0.2) is 5.60 Å². The van der Waals surface area contributed by atoms with Crippen LogP contribution in [-0.4, -0.2) is 20.9 Å². The first kappa shape index (κ1) is 17.8. The maximum Gasteiger partial charge on any atom is 0.159 e. The van der Waals surface area contributed by atoms with Crippen molar-refractivity contribution in [2.75, 3.05) is 0 Å². The number of nitrogens with zero attached hydrogens (tertiary/aromatic N) is 1. The molecule has 2 rings (SSSR count). The van der Waals surface area contributed by atoms with Gasteiger partial charge in [0.25, 0.3) is 0 Å². The first-order valence-electron chi connectivity index (χ1n) is 7.87. The fraction of sp³-hybridized carbons (Fsp3) is 0.350. The van der Waals surface area contributed by atoms with Crippen LogP contribution in [0.25, 0.3) is 0 Å². The third-order valence-corrected chi connectivity index (χ3v) is 4.22. The van der Waals surface area contributed by atoms with Gasteiger partial charge in [-0.1, -0.05) is 35.4 Å². The maximum absolute atomic E-state index is 10.8. The zero-order chi connectivity index (χ0) is 18.1. The number of rotatable bonds is 4. The van der Waals surface area contributed by atoms with E-state index < -0.39 is 5.60 Å². The van der Waals surface area contributed by atoms with Crippen LogP contribution in [-0.2, 0) is 12.8 Å². The van der Waals surface area contributed by atoms with Crippen molar-refractivity contribution in [3.8, 4) is 17.6 Å². The van der Waals surface area contributed by atoms with E-state index in [2.05, 4.69) is 0 Å². The van der Waals surface area contributed by atoms with E-state index in [9.17, 15) is 20.6 Å². The Balaban J connectivity index is 2.39. The van der Waals surface area contributed by atoms with Crippen molar-refractivity contribution in [2.45, 2.75) is 46.1 Å². The van der Waals surface area contributed by atoms with Gasteiger partial charge in [0.1, 0.15) is 11.5 Å². The monoisotopic (exact) mass is 325 g/mol. The SMILES string of the molecule is Cc1cc(C)c(O)c(CC(O)(C#N)Cc2cc(C)cc(C)c2O)c1. The van der Waals surface area contributed by atoms with Gasteiger partial charge in [-0.05, 0) is 49.9 Å². The lowest BCUT2D eigenvalue weighted by Crippen LogP contribution is -2.32. The fourth-order valence-electron chi connectivity index (χ4n) is 3.14. The predicted molar refractivity (Wildman–Crippen MR) is 93.1 cm³/mol. The molecule has 0 fully saturated rings. The standard InChI is InChI=1S/C20H23NO3/c1-12-5-14(3)18(22)16(7-12)9-20(24,11-21)10-17-8-13(2)6-15(4)19(17)23/h5-8,22-24H,9-10H2,1-4H3. The Bertz CT molecular complexity index is 759. The summed E-state index contributed by atoms with van der Waals surface area (Å²) in [6.07, 6.45) is -0.0193. The number of phenols is 2. The minimum Gasteiger partial charge on any atom is -0.507 e. The van der Waals surface area contributed by atoms with Gasteiger partial charge in [0.2, 0.25) is 0 Å². The summed E-state index contributed by atoms with van der Waals surface area (Å²) in [6, 6.07) is 9.18. The van der Waals surface area contributed by atoms with E-state index in [0.29, 0.717) is 22.3 Å². The summed E-state index contributed by atoms with van der Waals surface area (Å²) in [4.78, 5) is 0. The minimum absolute atomic E-state index is 0.00964. The van der Waals surface area contributed by atoms with E-state index in [1.807, 2.05) is 32.0 Å². The number of benzene rings is 2. The van der Waals surface area contributed by atoms with Crippen molar-refractivity contribution in [3.05, 3.63) is 57.6 Å². The summed E-state index contributed by atoms with van der Waals surface area (Å²) >= 11 is 0. The van der Waals surface area contributed by atoms with Crippen LogP contribution in [0.5, 0.6) is 11.5 Å². The highest BCUT2D eigenvalue weighted by atomic mass is 16.3. The molecule has 0 aliphatic carbocycles. The number of hydrogen-bond donors (Lipinski definition) is 3. The van der Waals surface area contributed by atoms with Crippen molar-refractivity contribution in [3.63, 3.8) is 0 Å². The molecule has 0 aliphatic rings. The van der Waals surface area contributed by atoms with Crippen LogP contribution in [0.15, 0.2) is 24.3 Å². The van der Waals surface area contributed by atoms with Gasteiger partial charge in [-0.15, -0.1) is 0 Å². The molecule has 3 N–H and O–H groups in total. The Morgan fingerprint density at radius 3 is 1.54 bits per heavy atom. The highest BCUT2D eigenvalue weighted by molar-refractivity contribution is 5.46. The summed E-state index contributed by atoms with van der Waals surface area (Å²) in [7, 11) is 0. The van der Waals surface area contributed by atoms with Crippen LogP contribution in [0.2, 0.25) is 0 Å². The highest BCUT2D eigenvalue weighted by Gasteiger charge is 2.30. The average molecular weight is 325 g/mol. The Morgan fingerprint density at radius 1 is 0.833 bits per heavy atom. The lowest BCUT2D eigenvalue weighted by molar-refractivity contribution is 0.0982. The Kier molecular flexibility index (Phi) is 4.86. The molecular formula is C20H23NO3. The van der Waals surface area contributed by atoms with E-state index in [1.165, 1.54) is 0 Å². The molecule has 0 amide bonds. The summed E-state index contributed by atoms with van der Waals surface area (Å²) in [6.45, 7) is 7.37. The van der Waals surface area contributed by atoms with E-state index >= 15 is 0 Å². The molecule has 0 aliphatic heterocycles. The van der Waals surface area contributed by atoms with Crippen LogP contribution < -0.4 is 0 Å². The van der Waals surface area contributed by atoms with Crippen LogP contribution in [0, 0.1) is 39.0 Å². The molecule has 0 saturated heterocycles. The van der Waals surface area contributed by atoms with Crippen LogP contribution in [0.4, 0.5) is 0 Å². The molecular weight excluding hydrogens is 302 g/mol. The minimum atomic E-state index is -1.71. The quantitative estimate of drug-likeness (QED) is 0.752. The summed E-state index contributed by atoms with van der Waals surface area (Å²) in [5.41, 5.74) is 2.67. The number of aromatic hydroxyl groups is 2. The smallest absolute Gasteiger partial charge is 0.159 e. The lowest BCUT2D eigenvalue weighted by atomic mass is 9.86. The van der Waals surface area contributed by atoms with E-state index in [-0.39, 0.29) is 24.3 Å². The molecule has 0 heterocycles. The first-order chi connectivity index (χ1) is 11.1. The maximum atomic E-state index is 10.8. The van der Waals surface area contributed by atoms with Gasteiger partial charge in [-0.2, -0.15) is 5.26 Å². The summed E-state index contributed by atoms with van der Waals surface area (Å²) < 4.78 is 0. The molecule has 126 valence electrons. The zero-order valence-corrected chi connectivity index (χ0v) is 14.5. The molecule has 0 bridgehead atoms. The number of aliphatic hydroxyl groups is 1. The Hall–Kier alpha value is -2.51. The lowest BCUT2D eigenvalue weighted by Gasteiger charge is -2.23. The van der Waals surface area contributed by atoms with E-state index in [0.717, 1.165) is 11.1 Å². The molecule has 2 aromatic carbocycles. The van der Waals surface area contributed by atoms with Crippen molar-refractivity contribution < 1.29 is 15.3 Å². The Morgan fingerprint density at radius 2 is 1.21 bits per heavy atom. The number of phenolic OH excluding ortho intramolecular Hbond substituents is 2. The van der Waals surface area contributed by atoms with Gasteiger partial charge in [-0.3, -0.25) is 0 Å². The van der Waals surface area contributed by atoms with E-state index in [1.54, 1.807) is 26.0 Å². The van der Waals surface area contributed by atoms with Crippen LogP contribution in [0.1, 0.15) is 33.4 Å². The number of aryl methyl sites for hydroxylation is 4. The molecule has 4 nitrogen and oxygen atoms in total. The molecule has 0 saturated carbocycles. The third kappa shape index (κ3) is 3.69. The molecule has 0 aromatic heterocycles. The van der Waals surface area contributed by atoms with Gasteiger partial charge in [0.05, 0.1) is 6.07 Å². The largest absolute Gasteiger partial charge is 0.507 e. The molecule has 2 aromatic rings. The van der Waals surface area contributed by atoms with Crippen LogP contribution in [0.3, 0.4) is 0 Å². The predicted octanol–water partition coefficient (Wildman–Crippen LogP) is 3.37. The average Bonchev–Trinajstić information content (AvgIpc) is 2.49. The molecule has 0 spiro atoms. The topological polar surface area (TPSA) is 84.5 Å². The van der Waals surface area contributed by atoms with Gasteiger partial charge in [-0.25, -0.2) is 0 Å². The van der Waals surface area contributed by atoms with Gasteiger partial charge in [0, 0.05) is 12.8 Å². The second-order valence-corrected chi connectivity index (χ2v) is 6.68. The summed E-state index contributed by atoms with van der Waals surface area (Å²) in [5.74, 6) is 0.192. The first-order valence-corrected chi connectivity index (χ1v) is 7.87. The molecule has 0 unspecified atom stereocenters. The Labute approximate surface area is 142 Å². The summed E-state index contributed by atoms with van der Waals surface area (Å²) in [5, 5.41) is 40.7. The van der Waals surface area contributed by atoms with Crippen LogP contribution >= 0.6 is 0 Å². The molecule has 0 atom stereocenters. The second-order valence-electron chi connectivity index (χ2n) is 6.68. The van der Waals surface area contributed by atoms with Crippen molar-refractivity contribution in [1.29, 1.82) is 5.26 Å². The van der Waals surface area contributed by atoms with Gasteiger partial charge >= 0.3 is 0 Å². The second kappa shape index (κ2) is 6.54. The van der Waals surface area contributed by atoms with Crippen molar-refractivity contribution >= 4 is 0 Å². The highest BCUT2D eigenvalue weighted by Crippen LogP contribution is 2.32. The normalized spacial score (nSPS) is 11.3. The van der Waals surface area contributed by atoms with Crippen molar-refractivity contribution in [1.82, 2.24) is 0 Å². The van der Waals surface area contributed by atoms with Gasteiger partial charge < -0.3 is 15.3 Å². The molecule has 4 heteroatoms. The third-order valence-electron chi connectivity index (χ3n) is 4.22. The fourth-order valence-corrected chi connectivity index (χ4v) is 3.14.